The van der Waals surface area contributed by atoms with E-state index in [0.717, 1.165) is 31.1 Å². The van der Waals surface area contributed by atoms with Crippen LogP contribution in [-0.2, 0) is 21.2 Å². The van der Waals surface area contributed by atoms with Gasteiger partial charge in [-0.15, -0.1) is 0 Å². The maximum atomic E-state index is 12.7. The van der Waals surface area contributed by atoms with Crippen molar-refractivity contribution < 1.29 is 23.2 Å². The first-order valence-electron chi connectivity index (χ1n) is 11.0. The Morgan fingerprint density at radius 1 is 1.30 bits per heavy atom. The van der Waals surface area contributed by atoms with E-state index in [2.05, 4.69) is 28.6 Å². The number of sulfone groups is 1. The highest BCUT2D eigenvalue weighted by atomic mass is 32.2. The van der Waals surface area contributed by atoms with Crippen molar-refractivity contribution in [1.29, 1.82) is 0 Å². The molecule has 33 heavy (non-hydrogen) atoms. The molecule has 0 bridgehead atoms. The molecular weight excluding hydrogens is 444 g/mol. The van der Waals surface area contributed by atoms with Crippen molar-refractivity contribution in [2.24, 2.45) is 5.92 Å². The number of nitrogens with one attached hydrogen (secondary N) is 1. The Balaban J connectivity index is 1.32. The largest absolute Gasteiger partial charge is 0.328 e. The number of amides is 2. The summed E-state index contributed by atoms with van der Waals surface area (Å²) in [6, 6.07) is 2.27. The zero-order valence-electron chi connectivity index (χ0n) is 18.8. The van der Waals surface area contributed by atoms with E-state index < -0.39 is 20.5 Å². The van der Waals surface area contributed by atoms with Gasteiger partial charge in [-0.25, -0.2) is 18.7 Å². The van der Waals surface area contributed by atoms with Crippen LogP contribution in [-0.4, -0.2) is 76.6 Å². The highest BCUT2D eigenvalue weighted by molar-refractivity contribution is 7.92. The second-order valence-electron chi connectivity index (χ2n) is 9.24. The first-order chi connectivity index (χ1) is 15.6. The molecule has 1 aromatic heterocycles. The Labute approximate surface area is 194 Å². The van der Waals surface area contributed by atoms with E-state index in [4.69, 9.17) is 5.21 Å². The molecule has 2 N–H and O–H groups in total. The first kappa shape index (κ1) is 23.4. The van der Waals surface area contributed by atoms with Gasteiger partial charge in [-0.1, -0.05) is 18.3 Å². The van der Waals surface area contributed by atoms with Gasteiger partial charge >= 0.3 is 6.03 Å². The van der Waals surface area contributed by atoms with Gasteiger partial charge in [-0.05, 0) is 44.1 Å². The molecule has 2 amide bonds. The van der Waals surface area contributed by atoms with Crippen LogP contribution in [0.3, 0.4) is 0 Å². The molecule has 0 radical (unpaired) electrons. The lowest BCUT2D eigenvalue weighted by Crippen LogP contribution is -2.53. The molecule has 1 aromatic rings. The molecule has 4 rings (SSSR count). The third kappa shape index (κ3) is 4.51. The molecule has 1 aliphatic carbocycles. The maximum Gasteiger partial charge on any atom is 0.328 e. The minimum Gasteiger partial charge on any atom is -0.318 e. The summed E-state index contributed by atoms with van der Waals surface area (Å²) < 4.78 is 23.8. The van der Waals surface area contributed by atoms with Gasteiger partial charge < -0.3 is 4.90 Å². The average Bonchev–Trinajstić information content (AvgIpc) is 3.22. The zero-order valence-corrected chi connectivity index (χ0v) is 19.6. The van der Waals surface area contributed by atoms with Crippen LogP contribution in [0.1, 0.15) is 43.9 Å². The van der Waals surface area contributed by atoms with Gasteiger partial charge in [0.05, 0.1) is 6.54 Å². The topological polar surface area (TPSA) is 112 Å². The summed E-state index contributed by atoms with van der Waals surface area (Å²) >= 11 is 0. The summed E-state index contributed by atoms with van der Waals surface area (Å²) in [4.78, 5) is 28.6. The van der Waals surface area contributed by atoms with Crippen LogP contribution in [0.5, 0.6) is 0 Å². The van der Waals surface area contributed by atoms with Crippen molar-refractivity contribution in [3.8, 4) is 23.7 Å². The molecule has 3 aliphatic rings. The quantitative estimate of drug-likeness (QED) is 0.360. The number of hydrogen-bond acceptors (Lipinski definition) is 6. The molecule has 9 nitrogen and oxygen atoms in total. The lowest BCUT2D eigenvalue weighted by molar-refractivity contribution is -0.131. The minimum atomic E-state index is -3.82. The van der Waals surface area contributed by atoms with Crippen molar-refractivity contribution in [3.63, 3.8) is 0 Å². The van der Waals surface area contributed by atoms with Crippen LogP contribution in [0.15, 0.2) is 12.3 Å². The standard InChI is InChI=1S/C23H28N4O5S/c1-23(21(28)24-30,33(2,31)32)10-11-25-16-20-12-17(15-27(20)22(25)29)6-3-4-7-18-13-26(14-18)19-8-5-9-19/h12,15,18-19,30H,5,8-11,13-14,16H2,1-2H3,(H,24,28). The number of carbonyl (C=O) groups excluding carboxylic acids is 2. The number of aromatic nitrogens is 1. The van der Waals surface area contributed by atoms with Gasteiger partial charge in [0.1, 0.15) is 0 Å². The van der Waals surface area contributed by atoms with Crippen molar-refractivity contribution >= 4 is 21.8 Å². The van der Waals surface area contributed by atoms with E-state index in [1.165, 1.54) is 41.1 Å². The van der Waals surface area contributed by atoms with E-state index in [9.17, 15) is 18.0 Å². The van der Waals surface area contributed by atoms with Crippen LogP contribution in [0, 0.1) is 29.6 Å². The molecule has 1 saturated heterocycles. The third-order valence-electron chi connectivity index (χ3n) is 7.03. The van der Waals surface area contributed by atoms with Crippen LogP contribution in [0.25, 0.3) is 0 Å². The van der Waals surface area contributed by atoms with Gasteiger partial charge in [-0.2, -0.15) is 0 Å². The predicted molar refractivity (Wildman–Crippen MR) is 121 cm³/mol. The summed E-state index contributed by atoms with van der Waals surface area (Å²) in [6.07, 6.45) is 6.39. The summed E-state index contributed by atoms with van der Waals surface area (Å²) in [5, 5.41) is 8.93. The van der Waals surface area contributed by atoms with Crippen LogP contribution in [0.4, 0.5) is 4.79 Å². The second kappa shape index (κ2) is 8.86. The molecule has 0 aromatic carbocycles. The van der Waals surface area contributed by atoms with Gasteiger partial charge in [0.2, 0.25) is 0 Å². The molecule has 1 unspecified atom stereocenters. The molecule has 176 valence electrons. The number of fused-ring (bicyclic) bond motifs is 1. The highest BCUT2D eigenvalue weighted by Crippen LogP contribution is 2.30. The summed E-state index contributed by atoms with van der Waals surface area (Å²) in [7, 11) is -3.82. The molecular formula is C23H28N4O5S. The predicted octanol–water partition coefficient (Wildman–Crippen LogP) is 0.810. The molecule has 10 heteroatoms. The van der Waals surface area contributed by atoms with Crippen molar-refractivity contribution in [1.82, 2.24) is 19.8 Å². The van der Waals surface area contributed by atoms with Crippen LogP contribution < -0.4 is 5.48 Å². The fourth-order valence-electron chi connectivity index (χ4n) is 4.30. The Bertz CT molecular complexity index is 1190. The number of hydroxylamine groups is 1. The molecule has 2 fully saturated rings. The zero-order chi connectivity index (χ0) is 23.8. The van der Waals surface area contributed by atoms with Gasteiger partial charge in [-0.3, -0.25) is 19.5 Å². The normalized spacial score (nSPS) is 20.5. The average molecular weight is 473 g/mol. The molecule has 1 atom stereocenters. The van der Waals surface area contributed by atoms with Gasteiger partial charge in [0.25, 0.3) is 5.91 Å². The minimum absolute atomic E-state index is 0.0449. The number of carbonyl (C=O) groups is 2. The van der Waals surface area contributed by atoms with Gasteiger partial charge in [0.15, 0.2) is 14.6 Å². The van der Waals surface area contributed by atoms with Crippen molar-refractivity contribution in [2.75, 3.05) is 25.9 Å². The maximum absolute atomic E-state index is 12.7. The van der Waals surface area contributed by atoms with E-state index in [-0.39, 0.29) is 25.5 Å². The number of hydrogen-bond donors (Lipinski definition) is 2. The summed E-state index contributed by atoms with van der Waals surface area (Å²) in [6.45, 7) is 3.62. The van der Waals surface area contributed by atoms with Crippen molar-refractivity contribution in [3.05, 3.63) is 23.5 Å². The second-order valence-corrected chi connectivity index (χ2v) is 11.7. The molecule has 2 aliphatic heterocycles. The first-order valence-corrected chi connectivity index (χ1v) is 12.9. The third-order valence-corrected chi connectivity index (χ3v) is 9.06. The van der Waals surface area contributed by atoms with Crippen LogP contribution in [0.2, 0.25) is 0 Å². The lowest BCUT2D eigenvalue weighted by Gasteiger charge is -2.46. The van der Waals surface area contributed by atoms with Crippen LogP contribution >= 0.6 is 0 Å². The van der Waals surface area contributed by atoms with E-state index in [1.807, 2.05) is 6.07 Å². The number of rotatable bonds is 6. The Kier molecular flexibility index (Phi) is 6.28. The van der Waals surface area contributed by atoms with Gasteiger partial charge in [0, 0.05) is 55.3 Å². The van der Waals surface area contributed by atoms with E-state index in [0.29, 0.717) is 11.5 Å². The summed E-state index contributed by atoms with van der Waals surface area (Å²) in [5.41, 5.74) is 2.84. The molecule has 3 heterocycles. The number of nitrogens with zero attached hydrogens (tertiary/aromatic N) is 3. The monoisotopic (exact) mass is 472 g/mol. The molecule has 1 saturated carbocycles. The Morgan fingerprint density at radius 3 is 2.61 bits per heavy atom. The fraction of sp³-hybridized carbons (Fsp3) is 0.565. The Morgan fingerprint density at radius 2 is 2.03 bits per heavy atom. The smallest absolute Gasteiger partial charge is 0.318 e. The lowest BCUT2D eigenvalue weighted by atomic mass is 9.86. The van der Waals surface area contributed by atoms with Crippen molar-refractivity contribution in [2.45, 2.75) is 49.9 Å². The highest BCUT2D eigenvalue weighted by Gasteiger charge is 2.44. The summed E-state index contributed by atoms with van der Waals surface area (Å²) in [5.74, 6) is 11.3. The molecule has 0 spiro atoms. The fourth-order valence-corrected chi connectivity index (χ4v) is 5.14. The Hall–Kier alpha value is -2.79. The van der Waals surface area contributed by atoms with E-state index in [1.54, 1.807) is 6.20 Å². The number of likely N-dealkylation sites (tertiary alicyclic amines) is 1. The SMILES string of the molecule is CC(CCN1Cc2cc(C#CC#CC3CN(C4CCC4)C3)cn2C1=O)(C(=O)NO)S(C)(=O)=O. The van der Waals surface area contributed by atoms with E-state index >= 15 is 0 Å².